The lowest BCUT2D eigenvalue weighted by atomic mass is 10.1. The van der Waals surface area contributed by atoms with Crippen molar-refractivity contribution in [2.75, 3.05) is 13.7 Å². The first-order chi connectivity index (χ1) is 11.4. The second-order valence-corrected chi connectivity index (χ2v) is 5.49. The summed E-state index contributed by atoms with van der Waals surface area (Å²) in [5.41, 5.74) is 1.32. The molecule has 1 aromatic heterocycles. The van der Waals surface area contributed by atoms with E-state index in [-0.39, 0.29) is 18.9 Å². The van der Waals surface area contributed by atoms with E-state index in [1.54, 1.807) is 18.2 Å². The molecule has 0 N–H and O–H groups in total. The summed E-state index contributed by atoms with van der Waals surface area (Å²) in [5.74, 6) is -1.09. The minimum absolute atomic E-state index is 0.174. The lowest BCUT2D eigenvalue weighted by Gasteiger charge is -2.28. The van der Waals surface area contributed by atoms with E-state index in [4.69, 9.17) is 0 Å². The van der Waals surface area contributed by atoms with Crippen LogP contribution in [0.15, 0.2) is 24.3 Å². The van der Waals surface area contributed by atoms with Gasteiger partial charge < -0.3 is 9.30 Å². The standard InChI is InChI=1S/C15H15F3N4O2/c1-24-13(23)11-4-2-3-10(7-11)8-21-5-6-22-12(9-21)19-20-14(22)15(16,17)18/h2-4,7H,5-6,8-9H2,1H3. The Morgan fingerprint density at radius 2 is 2.08 bits per heavy atom. The highest BCUT2D eigenvalue weighted by atomic mass is 19.4. The lowest BCUT2D eigenvalue weighted by molar-refractivity contribution is -0.148. The highest BCUT2D eigenvalue weighted by Crippen LogP contribution is 2.29. The molecule has 0 atom stereocenters. The Balaban J connectivity index is 1.73. The number of carbonyl (C=O) groups excluding carboxylic acids is 1. The molecule has 0 aliphatic carbocycles. The number of methoxy groups -OCH3 is 1. The molecule has 3 rings (SSSR count). The number of esters is 1. The molecule has 0 spiro atoms. The number of alkyl halides is 3. The fraction of sp³-hybridized carbons (Fsp3) is 0.400. The molecule has 1 aliphatic heterocycles. The molecule has 0 saturated carbocycles. The zero-order valence-corrected chi connectivity index (χ0v) is 12.9. The van der Waals surface area contributed by atoms with Crippen LogP contribution in [-0.4, -0.2) is 39.3 Å². The van der Waals surface area contributed by atoms with Crippen LogP contribution >= 0.6 is 0 Å². The van der Waals surface area contributed by atoms with Crippen molar-refractivity contribution in [3.05, 3.63) is 47.0 Å². The van der Waals surface area contributed by atoms with E-state index in [1.807, 2.05) is 11.0 Å². The van der Waals surface area contributed by atoms with Gasteiger partial charge >= 0.3 is 12.1 Å². The Morgan fingerprint density at radius 3 is 2.79 bits per heavy atom. The third kappa shape index (κ3) is 3.25. The van der Waals surface area contributed by atoms with Gasteiger partial charge in [0.15, 0.2) is 0 Å². The van der Waals surface area contributed by atoms with Crippen LogP contribution in [0, 0.1) is 0 Å². The zero-order chi connectivity index (χ0) is 17.3. The van der Waals surface area contributed by atoms with Crippen molar-refractivity contribution in [1.29, 1.82) is 0 Å². The number of hydrogen-bond acceptors (Lipinski definition) is 5. The number of fused-ring (bicyclic) bond motifs is 1. The number of carbonyl (C=O) groups is 1. The number of hydrogen-bond donors (Lipinski definition) is 0. The first-order valence-corrected chi connectivity index (χ1v) is 7.27. The Morgan fingerprint density at radius 1 is 1.29 bits per heavy atom. The van der Waals surface area contributed by atoms with Crippen molar-refractivity contribution in [2.45, 2.75) is 25.8 Å². The molecule has 2 aromatic rings. The molecule has 128 valence electrons. The summed E-state index contributed by atoms with van der Waals surface area (Å²) in [6, 6.07) is 6.97. The molecule has 0 saturated heterocycles. The number of halogens is 3. The molecule has 24 heavy (non-hydrogen) atoms. The second-order valence-electron chi connectivity index (χ2n) is 5.49. The highest BCUT2D eigenvalue weighted by Gasteiger charge is 2.39. The molecule has 0 unspecified atom stereocenters. The average molecular weight is 340 g/mol. The molecule has 1 aliphatic rings. The van der Waals surface area contributed by atoms with Crippen molar-refractivity contribution in [3.8, 4) is 0 Å². The summed E-state index contributed by atoms with van der Waals surface area (Å²) in [7, 11) is 1.31. The number of benzene rings is 1. The molecule has 6 nitrogen and oxygen atoms in total. The summed E-state index contributed by atoms with van der Waals surface area (Å²) in [6.07, 6.45) is -4.50. The summed E-state index contributed by atoms with van der Waals surface area (Å²) >= 11 is 0. The first-order valence-electron chi connectivity index (χ1n) is 7.27. The second kappa shape index (κ2) is 6.23. The minimum atomic E-state index is -4.50. The maximum Gasteiger partial charge on any atom is 0.451 e. The van der Waals surface area contributed by atoms with E-state index < -0.39 is 18.0 Å². The summed E-state index contributed by atoms with van der Waals surface area (Å²) in [6.45, 7) is 1.38. The van der Waals surface area contributed by atoms with Gasteiger partial charge in [0.05, 0.1) is 19.2 Å². The predicted octanol–water partition coefficient (Wildman–Crippen LogP) is 2.10. The molecule has 0 bridgehead atoms. The van der Waals surface area contributed by atoms with Gasteiger partial charge in [-0.25, -0.2) is 4.79 Å². The van der Waals surface area contributed by atoms with Crippen LogP contribution < -0.4 is 0 Å². The number of ether oxygens (including phenoxy) is 1. The summed E-state index contributed by atoms with van der Waals surface area (Å²) in [4.78, 5) is 13.5. The van der Waals surface area contributed by atoms with E-state index >= 15 is 0 Å². The fourth-order valence-electron chi connectivity index (χ4n) is 2.73. The highest BCUT2D eigenvalue weighted by molar-refractivity contribution is 5.89. The number of nitrogens with zero attached hydrogens (tertiary/aromatic N) is 4. The lowest BCUT2D eigenvalue weighted by Crippen LogP contribution is -2.34. The van der Waals surface area contributed by atoms with Gasteiger partial charge in [-0.3, -0.25) is 4.90 Å². The van der Waals surface area contributed by atoms with Crippen LogP contribution in [0.5, 0.6) is 0 Å². The van der Waals surface area contributed by atoms with Gasteiger partial charge in [-0.2, -0.15) is 13.2 Å². The normalized spacial score (nSPS) is 15.2. The van der Waals surface area contributed by atoms with Gasteiger partial charge in [-0.15, -0.1) is 10.2 Å². The molecule has 2 heterocycles. The van der Waals surface area contributed by atoms with Gasteiger partial charge in [-0.1, -0.05) is 12.1 Å². The van der Waals surface area contributed by atoms with Gasteiger partial charge in [0.2, 0.25) is 5.82 Å². The Labute approximate surface area is 135 Å². The van der Waals surface area contributed by atoms with Crippen molar-refractivity contribution < 1.29 is 22.7 Å². The largest absolute Gasteiger partial charge is 0.465 e. The SMILES string of the molecule is COC(=O)c1cccc(CN2CCn3c(nnc3C(F)(F)F)C2)c1. The molecule has 0 amide bonds. The van der Waals surface area contributed by atoms with Crippen LogP contribution in [0.1, 0.15) is 27.6 Å². The van der Waals surface area contributed by atoms with Crippen LogP contribution in [0.3, 0.4) is 0 Å². The van der Waals surface area contributed by atoms with E-state index in [2.05, 4.69) is 14.9 Å². The molecular weight excluding hydrogens is 325 g/mol. The van der Waals surface area contributed by atoms with E-state index in [9.17, 15) is 18.0 Å². The molecule has 1 aromatic carbocycles. The van der Waals surface area contributed by atoms with Crippen molar-refractivity contribution in [1.82, 2.24) is 19.7 Å². The maximum absolute atomic E-state index is 12.8. The third-order valence-electron chi connectivity index (χ3n) is 3.84. The molecular formula is C15H15F3N4O2. The topological polar surface area (TPSA) is 60.2 Å². The fourth-order valence-corrected chi connectivity index (χ4v) is 2.73. The number of rotatable bonds is 3. The Hall–Kier alpha value is -2.42. The molecule has 0 fully saturated rings. The van der Waals surface area contributed by atoms with Crippen molar-refractivity contribution in [3.63, 3.8) is 0 Å². The minimum Gasteiger partial charge on any atom is -0.465 e. The van der Waals surface area contributed by atoms with Crippen LogP contribution in [-0.2, 0) is 30.5 Å². The zero-order valence-electron chi connectivity index (χ0n) is 12.9. The smallest absolute Gasteiger partial charge is 0.451 e. The predicted molar refractivity (Wildman–Crippen MR) is 76.9 cm³/mol. The van der Waals surface area contributed by atoms with Crippen LogP contribution in [0.25, 0.3) is 0 Å². The van der Waals surface area contributed by atoms with Crippen LogP contribution in [0.4, 0.5) is 13.2 Å². The molecule has 0 radical (unpaired) electrons. The van der Waals surface area contributed by atoms with E-state index in [1.165, 1.54) is 7.11 Å². The van der Waals surface area contributed by atoms with Crippen LogP contribution in [0.2, 0.25) is 0 Å². The average Bonchev–Trinajstić information content (AvgIpc) is 2.97. The van der Waals surface area contributed by atoms with E-state index in [0.29, 0.717) is 18.7 Å². The Kier molecular flexibility index (Phi) is 4.27. The van der Waals surface area contributed by atoms with Gasteiger partial charge in [0.25, 0.3) is 0 Å². The number of aromatic nitrogens is 3. The first kappa shape index (κ1) is 16.4. The third-order valence-corrected chi connectivity index (χ3v) is 3.84. The van der Waals surface area contributed by atoms with Crippen molar-refractivity contribution >= 4 is 5.97 Å². The maximum atomic E-state index is 12.8. The van der Waals surface area contributed by atoms with Gasteiger partial charge in [0.1, 0.15) is 5.82 Å². The van der Waals surface area contributed by atoms with Gasteiger partial charge in [-0.05, 0) is 17.7 Å². The summed E-state index contributed by atoms with van der Waals surface area (Å²) < 4.78 is 44.3. The summed E-state index contributed by atoms with van der Waals surface area (Å²) in [5, 5.41) is 6.91. The monoisotopic (exact) mass is 340 g/mol. The Bertz CT molecular complexity index is 757. The van der Waals surface area contributed by atoms with E-state index in [0.717, 1.165) is 10.1 Å². The quantitative estimate of drug-likeness (QED) is 0.801. The molecule has 9 heteroatoms. The van der Waals surface area contributed by atoms with Crippen molar-refractivity contribution in [2.24, 2.45) is 0 Å². The van der Waals surface area contributed by atoms with Gasteiger partial charge in [0, 0.05) is 19.6 Å².